The summed E-state index contributed by atoms with van der Waals surface area (Å²) in [5, 5.41) is 18.0. The van der Waals surface area contributed by atoms with E-state index in [9.17, 15) is 0 Å². The molecule has 0 amide bonds. The standard InChI is InChI=1S/C22H17Cl2N5O2/c1-29(2)21-6-4-17-19(27-28-22(17)26-21)12-30-15-3-5-18(24)20(10-15)31-16-8-13(11-25)7-14(23)9-16/h3-10H,12H2,1-2H3,(H,26,27,28). The Balaban J connectivity index is 1.52. The third-order valence-electron chi connectivity index (χ3n) is 4.45. The number of pyridine rings is 1. The number of hydrogen-bond donors (Lipinski definition) is 1. The monoisotopic (exact) mass is 453 g/mol. The van der Waals surface area contributed by atoms with Gasteiger partial charge in [-0.2, -0.15) is 10.4 Å². The van der Waals surface area contributed by atoms with E-state index in [2.05, 4.69) is 15.2 Å². The van der Waals surface area contributed by atoms with Gasteiger partial charge in [0.2, 0.25) is 0 Å². The molecule has 1 N–H and O–H groups in total. The number of nitriles is 1. The SMILES string of the molecule is CN(C)c1ccc2c(COc3ccc(Cl)c(Oc4cc(Cl)cc(C#N)c4)c3)[nH]nc2n1. The first kappa shape index (κ1) is 20.8. The van der Waals surface area contributed by atoms with Gasteiger partial charge in [0.15, 0.2) is 5.65 Å². The van der Waals surface area contributed by atoms with E-state index < -0.39 is 0 Å². The molecular formula is C22H17Cl2N5O2. The summed E-state index contributed by atoms with van der Waals surface area (Å²) < 4.78 is 11.7. The van der Waals surface area contributed by atoms with E-state index in [1.54, 1.807) is 36.4 Å². The summed E-state index contributed by atoms with van der Waals surface area (Å²) in [6.45, 7) is 0.260. The second-order valence-corrected chi connectivity index (χ2v) is 7.75. The van der Waals surface area contributed by atoms with E-state index >= 15 is 0 Å². The fraction of sp³-hybridized carbons (Fsp3) is 0.136. The zero-order valence-electron chi connectivity index (χ0n) is 16.7. The van der Waals surface area contributed by atoms with Crippen LogP contribution in [0.25, 0.3) is 11.0 Å². The van der Waals surface area contributed by atoms with E-state index in [0.717, 1.165) is 16.9 Å². The molecule has 2 aromatic heterocycles. The van der Waals surface area contributed by atoms with Gasteiger partial charge in [0.25, 0.3) is 0 Å². The zero-order valence-corrected chi connectivity index (χ0v) is 18.2. The number of nitrogens with zero attached hydrogens (tertiary/aromatic N) is 4. The van der Waals surface area contributed by atoms with E-state index in [1.165, 1.54) is 0 Å². The van der Waals surface area contributed by atoms with Crippen LogP contribution in [-0.2, 0) is 6.61 Å². The average Bonchev–Trinajstić information content (AvgIpc) is 3.16. The smallest absolute Gasteiger partial charge is 0.183 e. The highest BCUT2D eigenvalue weighted by Gasteiger charge is 2.11. The number of benzene rings is 2. The van der Waals surface area contributed by atoms with Gasteiger partial charge < -0.3 is 14.4 Å². The first-order valence-electron chi connectivity index (χ1n) is 9.25. The summed E-state index contributed by atoms with van der Waals surface area (Å²) in [6.07, 6.45) is 0. The summed E-state index contributed by atoms with van der Waals surface area (Å²) in [7, 11) is 3.85. The van der Waals surface area contributed by atoms with Crippen molar-refractivity contribution in [3.05, 3.63) is 69.8 Å². The summed E-state index contributed by atoms with van der Waals surface area (Å²) in [6, 6.07) is 15.8. The maximum Gasteiger partial charge on any atom is 0.183 e. The van der Waals surface area contributed by atoms with Crippen molar-refractivity contribution in [1.82, 2.24) is 15.2 Å². The molecular weight excluding hydrogens is 437 g/mol. The Morgan fingerprint density at radius 2 is 1.90 bits per heavy atom. The normalized spacial score (nSPS) is 10.7. The van der Waals surface area contributed by atoms with Crippen molar-refractivity contribution in [2.75, 3.05) is 19.0 Å². The fourth-order valence-corrected chi connectivity index (χ4v) is 3.30. The number of hydrogen-bond acceptors (Lipinski definition) is 6. The number of nitrogens with one attached hydrogen (secondary N) is 1. The predicted molar refractivity (Wildman–Crippen MR) is 120 cm³/mol. The molecule has 0 saturated carbocycles. The molecule has 0 unspecified atom stereocenters. The second kappa shape index (κ2) is 8.72. The van der Waals surface area contributed by atoms with Crippen LogP contribution in [0.15, 0.2) is 48.5 Å². The molecule has 2 aromatic carbocycles. The van der Waals surface area contributed by atoms with Crippen molar-refractivity contribution in [2.45, 2.75) is 6.61 Å². The Morgan fingerprint density at radius 3 is 2.68 bits per heavy atom. The van der Waals surface area contributed by atoms with Gasteiger partial charge in [-0.05, 0) is 42.5 Å². The Bertz CT molecular complexity index is 1300. The van der Waals surface area contributed by atoms with Crippen LogP contribution in [0.5, 0.6) is 17.2 Å². The molecule has 4 aromatic rings. The second-order valence-electron chi connectivity index (χ2n) is 6.91. The van der Waals surface area contributed by atoms with Gasteiger partial charge in [-0.15, -0.1) is 0 Å². The number of aromatic nitrogens is 3. The summed E-state index contributed by atoms with van der Waals surface area (Å²) in [4.78, 5) is 6.42. The molecule has 0 aliphatic rings. The lowest BCUT2D eigenvalue weighted by Crippen LogP contribution is -2.10. The number of fused-ring (bicyclic) bond motifs is 1. The molecule has 9 heteroatoms. The van der Waals surface area contributed by atoms with Gasteiger partial charge in [0.05, 0.1) is 22.3 Å². The van der Waals surface area contributed by atoms with E-state index in [0.29, 0.717) is 38.5 Å². The van der Waals surface area contributed by atoms with Crippen LogP contribution < -0.4 is 14.4 Å². The number of H-pyrrole nitrogens is 1. The van der Waals surface area contributed by atoms with E-state index in [4.69, 9.17) is 37.9 Å². The minimum atomic E-state index is 0.260. The van der Waals surface area contributed by atoms with Crippen LogP contribution in [-0.4, -0.2) is 29.3 Å². The van der Waals surface area contributed by atoms with E-state index in [-0.39, 0.29) is 6.61 Å². The third kappa shape index (κ3) is 4.66. The highest BCUT2D eigenvalue weighted by molar-refractivity contribution is 6.32. The van der Waals surface area contributed by atoms with Crippen LogP contribution in [0.2, 0.25) is 10.0 Å². The van der Waals surface area contributed by atoms with Gasteiger partial charge in [0, 0.05) is 30.6 Å². The third-order valence-corrected chi connectivity index (χ3v) is 4.99. The van der Waals surface area contributed by atoms with Crippen LogP contribution in [0.1, 0.15) is 11.3 Å². The molecule has 4 rings (SSSR count). The largest absolute Gasteiger partial charge is 0.487 e. The number of anilines is 1. The Hall–Kier alpha value is -3.47. The number of ether oxygens (including phenoxy) is 2. The molecule has 0 bridgehead atoms. The van der Waals surface area contributed by atoms with E-state index in [1.807, 2.05) is 37.2 Å². The quantitative estimate of drug-likeness (QED) is 0.410. The highest BCUT2D eigenvalue weighted by atomic mass is 35.5. The Kier molecular flexibility index (Phi) is 5.85. The molecule has 0 aliphatic heterocycles. The summed E-state index contributed by atoms with van der Waals surface area (Å²) in [5.74, 6) is 2.18. The van der Waals surface area contributed by atoms with Crippen molar-refractivity contribution in [3.8, 4) is 23.3 Å². The fourth-order valence-electron chi connectivity index (χ4n) is 2.92. The van der Waals surface area contributed by atoms with Crippen molar-refractivity contribution in [1.29, 1.82) is 5.26 Å². The first-order chi connectivity index (χ1) is 14.9. The van der Waals surface area contributed by atoms with Gasteiger partial charge in [-0.25, -0.2) is 4.98 Å². The number of rotatable bonds is 6. The Morgan fingerprint density at radius 1 is 1.06 bits per heavy atom. The molecule has 0 saturated heterocycles. The molecule has 2 heterocycles. The molecule has 0 radical (unpaired) electrons. The molecule has 7 nitrogen and oxygen atoms in total. The molecule has 0 spiro atoms. The van der Waals surface area contributed by atoms with Crippen LogP contribution in [0.3, 0.4) is 0 Å². The van der Waals surface area contributed by atoms with Gasteiger partial charge in [0.1, 0.15) is 29.7 Å². The number of aromatic amines is 1. The van der Waals surface area contributed by atoms with Gasteiger partial charge >= 0.3 is 0 Å². The summed E-state index contributed by atoms with van der Waals surface area (Å²) in [5.41, 5.74) is 1.82. The lowest BCUT2D eigenvalue weighted by Gasteiger charge is -2.11. The lowest BCUT2D eigenvalue weighted by atomic mass is 10.2. The molecule has 156 valence electrons. The maximum absolute atomic E-state index is 9.10. The van der Waals surface area contributed by atoms with Crippen LogP contribution in [0, 0.1) is 11.3 Å². The first-order valence-corrected chi connectivity index (χ1v) is 10.0. The predicted octanol–water partition coefficient (Wildman–Crippen LogP) is 5.57. The van der Waals surface area contributed by atoms with Crippen LogP contribution in [0.4, 0.5) is 5.82 Å². The molecule has 0 aliphatic carbocycles. The summed E-state index contributed by atoms with van der Waals surface area (Å²) >= 11 is 12.3. The minimum absolute atomic E-state index is 0.260. The number of halogens is 2. The van der Waals surface area contributed by atoms with Crippen molar-refractivity contribution < 1.29 is 9.47 Å². The van der Waals surface area contributed by atoms with Gasteiger partial charge in [-0.1, -0.05) is 23.2 Å². The Labute approximate surface area is 188 Å². The zero-order chi connectivity index (χ0) is 22.0. The highest BCUT2D eigenvalue weighted by Crippen LogP contribution is 2.34. The lowest BCUT2D eigenvalue weighted by molar-refractivity contribution is 0.301. The molecule has 0 atom stereocenters. The van der Waals surface area contributed by atoms with Crippen molar-refractivity contribution in [2.24, 2.45) is 0 Å². The van der Waals surface area contributed by atoms with Crippen molar-refractivity contribution >= 4 is 40.1 Å². The topological polar surface area (TPSA) is 87.1 Å². The molecule has 31 heavy (non-hydrogen) atoms. The maximum atomic E-state index is 9.10. The molecule has 0 fully saturated rings. The van der Waals surface area contributed by atoms with Crippen molar-refractivity contribution in [3.63, 3.8) is 0 Å². The minimum Gasteiger partial charge on any atom is -0.487 e. The average molecular weight is 454 g/mol. The van der Waals surface area contributed by atoms with Crippen LogP contribution >= 0.6 is 23.2 Å². The van der Waals surface area contributed by atoms with Gasteiger partial charge in [-0.3, -0.25) is 5.10 Å².